The SMILES string of the molecule is c1ccc(-n2c3ccccc3c3ccc(-c4ccc5c6ccc7c(c8ccccc8n7-c7ccccc7)c6n(-c6ccccc6)c5c4)cc32)cc1. The Hall–Kier alpha value is -6.84. The highest BCUT2D eigenvalue weighted by molar-refractivity contribution is 6.26. The molecule has 238 valence electrons. The first-order valence-electron chi connectivity index (χ1n) is 17.5. The number of hydrogen-bond donors (Lipinski definition) is 0. The first-order chi connectivity index (χ1) is 25.3. The second-order valence-electron chi connectivity index (χ2n) is 13.4. The molecule has 11 rings (SSSR count). The molecule has 0 amide bonds. The van der Waals surface area contributed by atoms with Crippen LogP contribution in [0, 0.1) is 0 Å². The number of hydrogen-bond acceptors (Lipinski definition) is 0. The van der Waals surface area contributed by atoms with Crippen molar-refractivity contribution < 1.29 is 0 Å². The minimum Gasteiger partial charge on any atom is -0.309 e. The number of aromatic nitrogens is 3. The Kier molecular flexibility index (Phi) is 5.96. The number of fused-ring (bicyclic) bond motifs is 10. The van der Waals surface area contributed by atoms with Crippen LogP contribution in [0.15, 0.2) is 188 Å². The second-order valence-corrected chi connectivity index (χ2v) is 13.4. The zero-order chi connectivity index (χ0) is 33.5. The van der Waals surface area contributed by atoms with Gasteiger partial charge in [0.2, 0.25) is 0 Å². The lowest BCUT2D eigenvalue weighted by Gasteiger charge is -2.11. The molecule has 51 heavy (non-hydrogen) atoms. The summed E-state index contributed by atoms with van der Waals surface area (Å²) < 4.78 is 7.29. The van der Waals surface area contributed by atoms with Crippen LogP contribution in [0.1, 0.15) is 0 Å². The van der Waals surface area contributed by atoms with Gasteiger partial charge in [0.1, 0.15) is 0 Å². The molecule has 11 aromatic rings. The van der Waals surface area contributed by atoms with Gasteiger partial charge in [-0.2, -0.15) is 0 Å². The van der Waals surface area contributed by atoms with E-state index < -0.39 is 0 Å². The molecule has 0 saturated heterocycles. The Balaban J connectivity index is 1.22. The molecule has 0 atom stereocenters. The van der Waals surface area contributed by atoms with Crippen molar-refractivity contribution in [2.75, 3.05) is 0 Å². The Bertz CT molecular complexity index is 3110. The normalized spacial score (nSPS) is 11.9. The summed E-state index contributed by atoms with van der Waals surface area (Å²) in [5.74, 6) is 0. The largest absolute Gasteiger partial charge is 0.309 e. The average molecular weight is 650 g/mol. The van der Waals surface area contributed by atoms with Crippen molar-refractivity contribution in [1.29, 1.82) is 0 Å². The van der Waals surface area contributed by atoms with Gasteiger partial charge < -0.3 is 13.7 Å². The van der Waals surface area contributed by atoms with Gasteiger partial charge in [0, 0.05) is 49.4 Å². The van der Waals surface area contributed by atoms with Crippen molar-refractivity contribution in [3.63, 3.8) is 0 Å². The lowest BCUT2D eigenvalue weighted by atomic mass is 10.0. The molecule has 8 aromatic carbocycles. The predicted octanol–water partition coefficient (Wildman–Crippen LogP) is 12.6. The van der Waals surface area contributed by atoms with Gasteiger partial charge >= 0.3 is 0 Å². The fourth-order valence-electron chi connectivity index (χ4n) is 8.44. The van der Waals surface area contributed by atoms with Crippen molar-refractivity contribution in [2.24, 2.45) is 0 Å². The van der Waals surface area contributed by atoms with E-state index in [0.29, 0.717) is 0 Å². The lowest BCUT2D eigenvalue weighted by molar-refractivity contribution is 1.17. The van der Waals surface area contributed by atoms with E-state index in [0.717, 1.165) is 11.4 Å². The molecule has 3 aromatic heterocycles. The average Bonchev–Trinajstić information content (AvgIpc) is 3.84. The Morgan fingerprint density at radius 1 is 0.255 bits per heavy atom. The van der Waals surface area contributed by atoms with Crippen LogP contribution in [-0.4, -0.2) is 13.7 Å². The molecule has 0 aliphatic heterocycles. The third-order valence-corrected chi connectivity index (χ3v) is 10.6. The van der Waals surface area contributed by atoms with Crippen LogP contribution in [0.3, 0.4) is 0 Å². The Morgan fingerprint density at radius 2 is 0.667 bits per heavy atom. The maximum absolute atomic E-state index is 2.48. The summed E-state index contributed by atoms with van der Waals surface area (Å²) in [5.41, 5.74) is 13.1. The van der Waals surface area contributed by atoms with Crippen molar-refractivity contribution in [3.05, 3.63) is 188 Å². The summed E-state index contributed by atoms with van der Waals surface area (Å²) in [6.07, 6.45) is 0. The van der Waals surface area contributed by atoms with Gasteiger partial charge in [-0.1, -0.05) is 121 Å². The quantitative estimate of drug-likeness (QED) is 0.180. The molecule has 0 aliphatic carbocycles. The first-order valence-corrected chi connectivity index (χ1v) is 17.5. The van der Waals surface area contributed by atoms with Crippen LogP contribution in [0.2, 0.25) is 0 Å². The molecule has 3 nitrogen and oxygen atoms in total. The van der Waals surface area contributed by atoms with E-state index in [-0.39, 0.29) is 0 Å². The highest BCUT2D eigenvalue weighted by Gasteiger charge is 2.21. The van der Waals surface area contributed by atoms with Crippen molar-refractivity contribution >= 4 is 65.4 Å². The van der Waals surface area contributed by atoms with Crippen LogP contribution in [0.5, 0.6) is 0 Å². The fourth-order valence-corrected chi connectivity index (χ4v) is 8.44. The van der Waals surface area contributed by atoms with Crippen LogP contribution < -0.4 is 0 Å². The van der Waals surface area contributed by atoms with Gasteiger partial charge in [-0.05, 0) is 77.9 Å². The first kappa shape index (κ1) is 28.0. The van der Waals surface area contributed by atoms with Crippen molar-refractivity contribution in [1.82, 2.24) is 13.7 Å². The smallest absolute Gasteiger partial charge is 0.0641 e. The van der Waals surface area contributed by atoms with E-state index in [4.69, 9.17) is 0 Å². The molecule has 0 bridgehead atoms. The van der Waals surface area contributed by atoms with Gasteiger partial charge in [0.25, 0.3) is 0 Å². The number of benzene rings is 8. The Morgan fingerprint density at radius 3 is 1.27 bits per heavy atom. The van der Waals surface area contributed by atoms with Gasteiger partial charge in [0.05, 0.1) is 33.1 Å². The second kappa shape index (κ2) is 10.8. The monoisotopic (exact) mass is 649 g/mol. The van der Waals surface area contributed by atoms with E-state index >= 15 is 0 Å². The fraction of sp³-hybridized carbons (Fsp3) is 0. The van der Waals surface area contributed by atoms with E-state index in [1.165, 1.54) is 82.2 Å². The van der Waals surface area contributed by atoms with E-state index in [1.807, 2.05) is 0 Å². The van der Waals surface area contributed by atoms with Crippen LogP contribution in [0.25, 0.3) is 93.6 Å². The third-order valence-electron chi connectivity index (χ3n) is 10.6. The summed E-state index contributed by atoms with van der Waals surface area (Å²) in [6.45, 7) is 0. The van der Waals surface area contributed by atoms with Crippen LogP contribution in [0.4, 0.5) is 0 Å². The summed E-state index contributed by atoms with van der Waals surface area (Å²) in [7, 11) is 0. The molecule has 3 heteroatoms. The van der Waals surface area contributed by atoms with Crippen molar-refractivity contribution in [3.8, 4) is 28.2 Å². The molecule has 0 saturated carbocycles. The van der Waals surface area contributed by atoms with Crippen LogP contribution >= 0.6 is 0 Å². The molecule has 0 aliphatic rings. The zero-order valence-corrected chi connectivity index (χ0v) is 27.7. The van der Waals surface area contributed by atoms with Gasteiger partial charge in [0.15, 0.2) is 0 Å². The van der Waals surface area contributed by atoms with E-state index in [2.05, 4.69) is 202 Å². The van der Waals surface area contributed by atoms with E-state index in [9.17, 15) is 0 Å². The highest BCUT2D eigenvalue weighted by Crippen LogP contribution is 2.43. The predicted molar refractivity (Wildman–Crippen MR) is 215 cm³/mol. The lowest BCUT2D eigenvalue weighted by Crippen LogP contribution is -1.95. The Labute approximate surface area is 294 Å². The number of nitrogens with zero attached hydrogens (tertiary/aromatic N) is 3. The minimum absolute atomic E-state index is 1.15. The van der Waals surface area contributed by atoms with Gasteiger partial charge in [-0.25, -0.2) is 0 Å². The summed E-state index contributed by atoms with van der Waals surface area (Å²) in [4.78, 5) is 0. The standard InChI is InChI=1S/C48H31N3/c1-4-14-34(15-5-1)49-43-23-13-11-21-41(43)47-44(49)29-28-40-39-27-25-33(31-46(39)51(48(40)47)36-18-8-3-9-19-36)32-24-26-38-37-20-10-12-22-42(37)50(45(38)30-32)35-16-6-2-7-17-35/h1-31H. The topological polar surface area (TPSA) is 14.8 Å². The number of rotatable bonds is 4. The van der Waals surface area contributed by atoms with Crippen LogP contribution in [-0.2, 0) is 0 Å². The molecule has 0 radical (unpaired) electrons. The summed E-state index contributed by atoms with van der Waals surface area (Å²) in [6, 6.07) is 68.4. The molecule has 0 unspecified atom stereocenters. The van der Waals surface area contributed by atoms with Crippen molar-refractivity contribution in [2.45, 2.75) is 0 Å². The van der Waals surface area contributed by atoms with Gasteiger partial charge in [-0.3, -0.25) is 0 Å². The summed E-state index contributed by atoms with van der Waals surface area (Å²) >= 11 is 0. The van der Waals surface area contributed by atoms with E-state index in [1.54, 1.807) is 0 Å². The van der Waals surface area contributed by atoms with Gasteiger partial charge in [-0.15, -0.1) is 0 Å². The molecule has 0 N–H and O–H groups in total. The number of para-hydroxylation sites is 5. The molecule has 0 fully saturated rings. The third kappa shape index (κ3) is 4.06. The maximum Gasteiger partial charge on any atom is 0.0641 e. The highest BCUT2D eigenvalue weighted by atomic mass is 15.0. The zero-order valence-electron chi connectivity index (χ0n) is 27.7. The molecular formula is C48H31N3. The molecular weight excluding hydrogens is 619 g/mol. The molecule has 3 heterocycles. The molecule has 0 spiro atoms. The maximum atomic E-state index is 2.48. The summed E-state index contributed by atoms with van der Waals surface area (Å²) in [5, 5.41) is 7.54. The minimum atomic E-state index is 1.15.